The quantitative estimate of drug-likeness (QED) is 0.790. The second-order valence-corrected chi connectivity index (χ2v) is 5.54. The summed E-state index contributed by atoms with van der Waals surface area (Å²) in [6.45, 7) is 2.40. The molecule has 7 heteroatoms. The van der Waals surface area contributed by atoms with Crippen molar-refractivity contribution < 1.29 is 4.39 Å². The summed E-state index contributed by atoms with van der Waals surface area (Å²) >= 11 is 7.27. The summed E-state index contributed by atoms with van der Waals surface area (Å²) in [7, 11) is 0. The zero-order valence-corrected chi connectivity index (χ0v) is 11.6. The number of imidazole rings is 1. The van der Waals surface area contributed by atoms with Gasteiger partial charge in [0.1, 0.15) is 10.8 Å². The summed E-state index contributed by atoms with van der Waals surface area (Å²) in [5, 5.41) is 2.91. The molecule has 0 aliphatic heterocycles. The number of hydrogen-bond acceptors (Lipinski definition) is 4. The van der Waals surface area contributed by atoms with Crippen molar-refractivity contribution in [3.8, 4) is 0 Å². The van der Waals surface area contributed by atoms with Gasteiger partial charge in [-0.25, -0.2) is 14.4 Å². The lowest BCUT2D eigenvalue weighted by Gasteiger charge is -2.04. The van der Waals surface area contributed by atoms with E-state index in [0.717, 1.165) is 10.7 Å². The maximum Gasteiger partial charge on any atom is 0.201 e. The highest BCUT2D eigenvalue weighted by Gasteiger charge is 2.13. The van der Waals surface area contributed by atoms with Crippen LogP contribution >= 0.6 is 22.9 Å². The molecule has 0 bridgehead atoms. The Kier molecular flexibility index (Phi) is 2.91. The van der Waals surface area contributed by atoms with Gasteiger partial charge in [0, 0.05) is 17.1 Å². The number of fused-ring (bicyclic) bond motifs is 1. The van der Waals surface area contributed by atoms with E-state index >= 15 is 0 Å². The number of nitrogens with zero attached hydrogens (tertiary/aromatic N) is 3. The topological polar surface area (TPSA) is 56.7 Å². The normalized spacial score (nSPS) is 11.3. The summed E-state index contributed by atoms with van der Waals surface area (Å²) in [5.41, 5.74) is 8.03. The maximum atomic E-state index is 13.6. The third-order valence-electron chi connectivity index (χ3n) is 2.78. The van der Waals surface area contributed by atoms with Crippen LogP contribution in [0.2, 0.25) is 5.02 Å². The Morgan fingerprint density at radius 3 is 2.89 bits per heavy atom. The molecule has 2 N–H and O–H groups in total. The molecule has 0 spiro atoms. The van der Waals surface area contributed by atoms with Gasteiger partial charge in [-0.1, -0.05) is 11.6 Å². The van der Waals surface area contributed by atoms with Gasteiger partial charge in [0.2, 0.25) is 5.95 Å². The van der Waals surface area contributed by atoms with Crippen LogP contribution in [0.5, 0.6) is 0 Å². The van der Waals surface area contributed by atoms with Crippen LogP contribution in [0.4, 0.5) is 10.3 Å². The van der Waals surface area contributed by atoms with Crippen molar-refractivity contribution >= 4 is 39.9 Å². The van der Waals surface area contributed by atoms with E-state index in [0.29, 0.717) is 23.5 Å². The van der Waals surface area contributed by atoms with Crippen molar-refractivity contribution in [1.29, 1.82) is 0 Å². The molecule has 4 nitrogen and oxygen atoms in total. The smallest absolute Gasteiger partial charge is 0.201 e. The first-order valence-electron chi connectivity index (χ1n) is 5.56. The van der Waals surface area contributed by atoms with Crippen LogP contribution < -0.4 is 5.73 Å². The lowest BCUT2D eigenvalue weighted by atomic mass is 10.3. The van der Waals surface area contributed by atoms with Crippen LogP contribution in [0.25, 0.3) is 11.0 Å². The van der Waals surface area contributed by atoms with E-state index in [1.807, 2.05) is 12.3 Å². The molecule has 0 radical (unpaired) electrons. The highest BCUT2D eigenvalue weighted by atomic mass is 35.5. The average molecular weight is 297 g/mol. The first-order chi connectivity index (χ1) is 9.04. The second-order valence-electron chi connectivity index (χ2n) is 4.19. The van der Waals surface area contributed by atoms with Crippen molar-refractivity contribution in [2.75, 3.05) is 5.73 Å². The number of thiazole rings is 1. The van der Waals surface area contributed by atoms with Crippen LogP contribution in [0.15, 0.2) is 17.5 Å². The van der Waals surface area contributed by atoms with Gasteiger partial charge in [-0.2, -0.15) is 0 Å². The minimum Gasteiger partial charge on any atom is -0.369 e. The average Bonchev–Trinajstić information content (AvgIpc) is 2.87. The van der Waals surface area contributed by atoms with Crippen molar-refractivity contribution in [2.45, 2.75) is 13.5 Å². The molecular weight excluding hydrogens is 287 g/mol. The van der Waals surface area contributed by atoms with Gasteiger partial charge >= 0.3 is 0 Å². The molecule has 19 heavy (non-hydrogen) atoms. The standard InChI is InChI=1S/C12H10ClFN4S/c1-6-5-19-11(16-6)4-18-10-3-8(14)7(13)2-9(10)17-12(18)15/h2-3,5H,4H2,1H3,(H2,15,17). The molecule has 3 rings (SSSR count). The van der Waals surface area contributed by atoms with Gasteiger partial charge in [0.15, 0.2) is 0 Å². The largest absolute Gasteiger partial charge is 0.369 e. The molecule has 0 aliphatic rings. The Morgan fingerprint density at radius 1 is 1.42 bits per heavy atom. The molecule has 98 valence electrons. The molecule has 2 heterocycles. The Balaban J connectivity index is 2.12. The van der Waals surface area contributed by atoms with Gasteiger partial charge in [-0.15, -0.1) is 11.3 Å². The summed E-state index contributed by atoms with van der Waals surface area (Å²) < 4.78 is 15.3. The third-order valence-corrected chi connectivity index (χ3v) is 4.02. The van der Waals surface area contributed by atoms with Gasteiger partial charge < -0.3 is 10.3 Å². The monoisotopic (exact) mass is 296 g/mol. The Labute approximate surface area is 117 Å². The highest BCUT2D eigenvalue weighted by Crippen LogP contribution is 2.25. The van der Waals surface area contributed by atoms with Crippen molar-refractivity contribution in [1.82, 2.24) is 14.5 Å². The molecule has 0 fully saturated rings. The summed E-state index contributed by atoms with van der Waals surface area (Å²) in [6.07, 6.45) is 0. The summed E-state index contributed by atoms with van der Waals surface area (Å²) in [5.74, 6) is -0.157. The molecule has 0 amide bonds. The fourth-order valence-corrected chi connectivity index (χ4v) is 2.83. The minimum absolute atomic E-state index is 0.0437. The van der Waals surface area contributed by atoms with E-state index in [1.54, 1.807) is 4.57 Å². The molecule has 0 atom stereocenters. The van der Waals surface area contributed by atoms with Crippen molar-refractivity contribution in [3.63, 3.8) is 0 Å². The van der Waals surface area contributed by atoms with Gasteiger partial charge in [0.25, 0.3) is 0 Å². The van der Waals surface area contributed by atoms with Crippen LogP contribution in [-0.2, 0) is 6.54 Å². The molecule has 2 aromatic heterocycles. The fraction of sp³-hybridized carbons (Fsp3) is 0.167. The van der Waals surface area contributed by atoms with E-state index in [4.69, 9.17) is 17.3 Å². The first kappa shape index (κ1) is 12.4. The van der Waals surface area contributed by atoms with E-state index in [1.165, 1.54) is 23.5 Å². The molecule has 0 unspecified atom stereocenters. The predicted octanol–water partition coefficient (Wildman–Crippen LogP) is 3.22. The van der Waals surface area contributed by atoms with E-state index in [-0.39, 0.29) is 5.02 Å². The van der Waals surface area contributed by atoms with Gasteiger partial charge in [0.05, 0.1) is 22.6 Å². The van der Waals surface area contributed by atoms with E-state index < -0.39 is 5.82 Å². The predicted molar refractivity (Wildman–Crippen MR) is 75.1 cm³/mol. The number of nitrogen functional groups attached to an aromatic ring is 1. The zero-order valence-electron chi connectivity index (χ0n) is 10.0. The molecular formula is C12H10ClFN4S. The van der Waals surface area contributed by atoms with Crippen molar-refractivity contribution in [2.24, 2.45) is 0 Å². The molecule has 0 saturated heterocycles. The van der Waals surface area contributed by atoms with E-state index in [2.05, 4.69) is 9.97 Å². The second kappa shape index (κ2) is 4.47. The van der Waals surface area contributed by atoms with E-state index in [9.17, 15) is 4.39 Å². The van der Waals surface area contributed by atoms with Crippen LogP contribution in [0.3, 0.4) is 0 Å². The minimum atomic E-state index is -0.481. The SMILES string of the molecule is Cc1csc(Cn2c(N)nc3cc(Cl)c(F)cc32)n1. The number of hydrogen-bond donors (Lipinski definition) is 1. The molecule has 1 aromatic carbocycles. The molecule has 0 saturated carbocycles. The number of nitrogens with two attached hydrogens (primary N) is 1. The number of aryl methyl sites for hydroxylation is 1. The van der Waals surface area contributed by atoms with Crippen LogP contribution in [0, 0.1) is 12.7 Å². The Hall–Kier alpha value is -1.66. The molecule has 3 aromatic rings. The first-order valence-corrected chi connectivity index (χ1v) is 6.82. The lowest BCUT2D eigenvalue weighted by molar-refractivity contribution is 0.629. The Morgan fingerprint density at radius 2 is 2.21 bits per heavy atom. The zero-order chi connectivity index (χ0) is 13.6. The number of benzene rings is 1. The number of anilines is 1. The highest BCUT2D eigenvalue weighted by molar-refractivity contribution is 7.09. The van der Waals surface area contributed by atoms with Crippen LogP contribution in [0.1, 0.15) is 10.7 Å². The molecule has 0 aliphatic carbocycles. The Bertz CT molecular complexity index is 765. The van der Waals surface area contributed by atoms with Gasteiger partial charge in [-0.3, -0.25) is 0 Å². The fourth-order valence-electron chi connectivity index (χ4n) is 1.92. The number of halogens is 2. The summed E-state index contributed by atoms with van der Waals surface area (Å²) in [4.78, 5) is 8.55. The number of aromatic nitrogens is 3. The summed E-state index contributed by atoms with van der Waals surface area (Å²) in [6, 6.07) is 2.83. The van der Waals surface area contributed by atoms with Crippen LogP contribution in [-0.4, -0.2) is 14.5 Å². The van der Waals surface area contributed by atoms with Gasteiger partial charge in [-0.05, 0) is 13.0 Å². The maximum absolute atomic E-state index is 13.6. The lowest BCUT2D eigenvalue weighted by Crippen LogP contribution is -2.04. The third kappa shape index (κ3) is 2.17. The number of rotatable bonds is 2. The van der Waals surface area contributed by atoms with Crippen molar-refractivity contribution in [3.05, 3.63) is 39.1 Å².